The first-order valence-corrected chi connectivity index (χ1v) is 50.7. The molecule has 24 aliphatic rings. The average Bonchev–Trinajstić information content (AvgIpc) is 0.742. The first-order valence-electron chi connectivity index (χ1n) is 50.7. The Hall–Kier alpha value is -5.04. The lowest BCUT2D eigenvalue weighted by atomic mass is 9.50. The molecule has 0 radical (unpaired) electrons. The summed E-state index contributed by atoms with van der Waals surface area (Å²) in [6.07, 6.45) is 20.9. The van der Waals surface area contributed by atoms with Crippen LogP contribution < -0.4 is 0 Å². The van der Waals surface area contributed by atoms with Crippen molar-refractivity contribution in [1.29, 1.82) is 0 Å². The topological polar surface area (TPSA) is 264 Å². The van der Waals surface area contributed by atoms with Crippen molar-refractivity contribution in [2.45, 2.75) is 447 Å². The van der Waals surface area contributed by atoms with E-state index in [-0.39, 0.29) is 237 Å². The minimum atomic E-state index is -4.67. The van der Waals surface area contributed by atoms with Crippen LogP contribution >= 0.6 is 0 Å². The lowest BCUT2D eigenvalue weighted by molar-refractivity contribution is -0.242. The molecule has 21 nitrogen and oxygen atoms in total. The molecule has 24 fully saturated rings. The van der Waals surface area contributed by atoms with Crippen LogP contribution in [0.5, 0.6) is 0 Å². The minimum Gasteiger partial charge on any atom is -0.438 e. The van der Waals surface area contributed by atoms with Gasteiger partial charge in [0, 0.05) is 35.5 Å². The quantitative estimate of drug-likeness (QED) is 0.0199. The number of ketones is 3. The Morgan fingerprint density at radius 1 is 0.285 bits per heavy atom. The molecule has 846 valence electrons. The predicted molar refractivity (Wildman–Crippen MR) is 545 cm³/mol. The predicted octanol–water partition coefficient (Wildman–Crippen LogP) is 29.4. The number of rotatable bonds is 32. The molecule has 24 saturated carbocycles. The van der Waals surface area contributed by atoms with Gasteiger partial charge in [0.1, 0.15) is 17.3 Å². The second-order valence-electron chi connectivity index (χ2n) is 46.1. The number of hydrogen-bond donors (Lipinski definition) is 0. The molecule has 0 aliphatic heterocycles. The van der Waals surface area contributed by atoms with Crippen LogP contribution in [0, 0.1) is 175 Å². The van der Waals surface area contributed by atoms with E-state index in [1.807, 2.05) is 48.5 Å². The zero-order chi connectivity index (χ0) is 95.8. The van der Waals surface area contributed by atoms with Crippen molar-refractivity contribution in [2.75, 3.05) is 54.0 Å². The Morgan fingerprint density at radius 2 is 0.507 bits per heavy atom. The summed E-state index contributed by atoms with van der Waals surface area (Å²) in [5.41, 5.74) is -7.34. The Balaban J connectivity index is 0.000000851. The second-order valence-corrected chi connectivity index (χ2v) is 46.1. The zero-order valence-corrected chi connectivity index (χ0v) is 80.5. The van der Waals surface area contributed by atoms with Gasteiger partial charge in [-0.2, -0.15) is 39.5 Å². The van der Waals surface area contributed by atoms with Gasteiger partial charge in [0.05, 0.1) is 54.9 Å². The third kappa shape index (κ3) is 30.5. The van der Waals surface area contributed by atoms with E-state index in [1.165, 1.54) is 97.8 Å². The monoisotopic (exact) mass is 2080 g/mol. The van der Waals surface area contributed by atoms with E-state index in [4.69, 9.17) is 56.8 Å². The molecule has 20 unspecified atom stereocenters. The summed E-state index contributed by atoms with van der Waals surface area (Å²) in [6.45, 7) is 20.2. The van der Waals surface area contributed by atoms with Gasteiger partial charge in [-0.1, -0.05) is 145 Å². The number of Topliss-reactive ketones (excluding diaryl/α,β-unsaturated/α-hetero) is 3. The number of esters is 6. The molecule has 144 heavy (non-hydrogen) atoms. The van der Waals surface area contributed by atoms with Crippen molar-refractivity contribution in [1.82, 2.24) is 0 Å². The maximum absolute atomic E-state index is 13.0. The first-order chi connectivity index (χ1) is 62.2. The van der Waals surface area contributed by atoms with Gasteiger partial charge in [-0.3, -0.25) is 43.2 Å². The summed E-state index contributed by atoms with van der Waals surface area (Å²) in [5, 5.41) is 0. The third-order valence-corrected chi connectivity index (χ3v) is 36.6. The maximum Gasteiger partial charge on any atom is 0.404 e. The number of carbonyl (C=O) groups is 9. The van der Waals surface area contributed by atoms with Crippen LogP contribution in [0.3, 0.4) is 0 Å². The van der Waals surface area contributed by atoms with E-state index in [9.17, 15) is 82.7 Å². The standard InChI is InChI=1S/C18H27F3O3.C17H23F3O4.C17H25F3O3.C17H26O4.C17H28O3.C16H24O4.12CH4/c1-3-16(2,18(19,20)21)15(22)24-11-23-10-17-7-12-4-13(8-17)6-14(5-12)9-17;1-3-16(2,17(18,19)20)15(22)24-8-23-14-11-5-9-4-10(7-11)13(21)12(14)6-9;1-3-16(2,17(18,19)20)15(21)23-9-22-14-12-5-10-4-11(7-12)8-13(14)6-10;1-4-17(2,3)16(19)21-9-20-15-12-6-10-5-11(8-12)14(18)13(15)7-10;1-3-12(2)16(18)20-11-19-10-17-7-13-4-14(8-17)6-15(5-13)9-17;1-3-9(2)16(18)20-8-19-15-12-5-10-4-11(7-12)14(17)13(15)6-10;;;;;;;;;;;;/h12-14H,3-11H2,1-2H3;9-12,14H,3-8H2,1-2H3;10-14H,3-9H2,1-2H3;10-13,15H,4-9H2,1-3H3;12-15H,3-11H2,1-2H3;9-13,15H,3-8H2,1-2H3;12*1H4. The molecule has 0 aromatic rings. The van der Waals surface area contributed by atoms with Gasteiger partial charge in [0.2, 0.25) is 0 Å². The number of halogens is 9. The van der Waals surface area contributed by atoms with Gasteiger partial charge in [-0.15, -0.1) is 0 Å². The smallest absolute Gasteiger partial charge is 0.404 e. The summed E-state index contributed by atoms with van der Waals surface area (Å²) in [7, 11) is 0. The van der Waals surface area contributed by atoms with Crippen LogP contribution in [0.15, 0.2) is 0 Å². The molecule has 0 N–H and O–H groups in total. The van der Waals surface area contributed by atoms with Crippen molar-refractivity contribution in [3.63, 3.8) is 0 Å². The van der Waals surface area contributed by atoms with E-state index < -0.39 is 71.3 Å². The number of carbonyl (C=O) groups excluding carboxylic acids is 9. The first kappa shape index (κ1) is 137. The van der Waals surface area contributed by atoms with Gasteiger partial charge in [-0.05, 0) is 365 Å². The zero-order valence-electron chi connectivity index (χ0n) is 80.5. The highest BCUT2D eigenvalue weighted by atomic mass is 19.4. The fourth-order valence-electron chi connectivity index (χ4n) is 28.8. The summed E-state index contributed by atoms with van der Waals surface area (Å²) < 4.78 is 182. The van der Waals surface area contributed by atoms with Crippen LogP contribution in [0.4, 0.5) is 39.5 Å². The Bertz CT molecular complexity index is 3880. The van der Waals surface area contributed by atoms with Crippen LogP contribution in [-0.4, -0.2) is 150 Å². The molecular weight excluding hydrogens is 1880 g/mol. The highest BCUT2D eigenvalue weighted by molar-refractivity contribution is 5.88. The summed E-state index contributed by atoms with van der Waals surface area (Å²) >= 11 is 0. The van der Waals surface area contributed by atoms with Gasteiger partial charge < -0.3 is 56.8 Å². The third-order valence-electron chi connectivity index (χ3n) is 36.6. The molecule has 30 heteroatoms. The lowest BCUT2D eigenvalue weighted by Crippen LogP contribution is -2.55. The number of alkyl halides is 9. The fourth-order valence-corrected chi connectivity index (χ4v) is 28.8. The number of hydrogen-bond acceptors (Lipinski definition) is 21. The summed E-state index contributed by atoms with van der Waals surface area (Å²) in [5.74, 6) is 8.23. The van der Waals surface area contributed by atoms with Gasteiger partial charge >= 0.3 is 54.3 Å². The normalized spacial score (nSPS) is 35.2. The average molecular weight is 2080 g/mol. The molecular formula is C114H201F9O21. The molecule has 0 aromatic carbocycles. The van der Waals surface area contributed by atoms with Gasteiger partial charge in [0.25, 0.3) is 0 Å². The second kappa shape index (κ2) is 56.0. The SMILES string of the molecule is C.C.C.C.C.C.C.C.C.C.C.C.CCC(C)(C(=O)OCOC1C2CC3CC(C2)C(=O)C1C3)C(F)(F)F.CCC(C)(C(=O)OCOC1C2CC3CC(C2)CC1C3)C(F)(F)F.CCC(C)(C(=O)OCOCC12CC3CC(CC(C3)C1)C2)C(F)(F)F.CCC(C)(C)C(=O)OCOC1C2CC3CC(C2)C(=O)C1C3.CCC(C)C(=O)OCOC1C2CC3CC(C2)C(=O)C1C3.CCC(C)C(=O)OCOCC12CC3CC(CC(C3)C1)C2. The molecule has 0 spiro atoms. The van der Waals surface area contributed by atoms with Crippen molar-refractivity contribution in [2.24, 2.45) is 175 Å². The molecule has 24 aliphatic carbocycles. The highest BCUT2D eigenvalue weighted by Crippen LogP contribution is 2.64. The van der Waals surface area contributed by atoms with E-state index in [0.29, 0.717) is 59.1 Å². The fraction of sp³-hybridized carbons (Fsp3) is 0.921. The van der Waals surface area contributed by atoms with Crippen molar-refractivity contribution >= 4 is 53.2 Å². The maximum atomic E-state index is 13.0. The lowest BCUT2D eigenvalue weighted by Gasteiger charge is -2.56. The number of ether oxygens (including phenoxy) is 12. The van der Waals surface area contributed by atoms with E-state index in [0.717, 1.165) is 215 Å². The van der Waals surface area contributed by atoms with E-state index >= 15 is 0 Å². The molecule has 0 heterocycles. The van der Waals surface area contributed by atoms with Crippen LogP contribution in [0.25, 0.3) is 0 Å². The van der Waals surface area contributed by atoms with E-state index in [1.54, 1.807) is 0 Å². The Kier molecular flexibility index (Phi) is 53.3. The Labute approximate surface area is 863 Å². The van der Waals surface area contributed by atoms with Crippen LogP contribution in [0.2, 0.25) is 0 Å². The van der Waals surface area contributed by atoms with Crippen molar-refractivity contribution in [3.8, 4) is 0 Å². The molecule has 24 bridgehead atoms. The highest BCUT2D eigenvalue weighted by Gasteiger charge is 2.63. The minimum absolute atomic E-state index is 0. The molecule has 24 rings (SSSR count). The van der Waals surface area contributed by atoms with Gasteiger partial charge in [0.15, 0.2) is 57.0 Å². The van der Waals surface area contributed by atoms with E-state index in [2.05, 4.69) is 0 Å². The van der Waals surface area contributed by atoms with Crippen molar-refractivity contribution < 1.29 is 140 Å². The molecule has 0 amide bonds. The van der Waals surface area contributed by atoms with Crippen LogP contribution in [-0.2, 0) is 100.0 Å². The molecule has 0 saturated heterocycles. The van der Waals surface area contributed by atoms with Crippen LogP contribution in [0.1, 0.15) is 404 Å². The molecule has 20 atom stereocenters. The summed E-state index contributed by atoms with van der Waals surface area (Å²) in [6, 6.07) is 0. The van der Waals surface area contributed by atoms with Gasteiger partial charge in [-0.25, -0.2) is 0 Å². The largest absolute Gasteiger partial charge is 0.438 e. The van der Waals surface area contributed by atoms with Crippen molar-refractivity contribution in [3.05, 3.63) is 0 Å². The molecule has 0 aromatic heterocycles. The summed E-state index contributed by atoms with van der Waals surface area (Å²) in [4.78, 5) is 108. The Morgan fingerprint density at radius 3 is 0.764 bits per heavy atom.